The number of carbonyl (C=O) groups is 1. The minimum atomic E-state index is -0.112. The highest BCUT2D eigenvalue weighted by atomic mass is 16.5. The van der Waals surface area contributed by atoms with Crippen molar-refractivity contribution < 1.29 is 9.53 Å². The molecule has 0 radical (unpaired) electrons. The third-order valence-corrected chi connectivity index (χ3v) is 3.10. The molecule has 1 heterocycles. The van der Waals surface area contributed by atoms with E-state index in [9.17, 15) is 4.79 Å². The fraction of sp³-hybridized carbons (Fsp3) is 0.583. The average Bonchev–Trinajstić information content (AvgIpc) is 2.76. The number of aryl methyl sites for hydroxylation is 1. The van der Waals surface area contributed by atoms with Gasteiger partial charge in [-0.05, 0) is 32.3 Å². The largest absolute Gasteiger partial charge is 0.469 e. The van der Waals surface area contributed by atoms with Crippen molar-refractivity contribution in [2.45, 2.75) is 32.2 Å². The molecule has 0 aromatic carbocycles. The van der Waals surface area contributed by atoms with E-state index in [1.807, 2.05) is 13.0 Å². The molecule has 1 aromatic rings. The predicted octanol–water partition coefficient (Wildman–Crippen LogP) is 1.54. The van der Waals surface area contributed by atoms with Crippen molar-refractivity contribution in [2.24, 2.45) is 5.92 Å². The van der Waals surface area contributed by atoms with Crippen LogP contribution in [0.1, 0.15) is 25.0 Å². The van der Waals surface area contributed by atoms with Gasteiger partial charge in [-0.1, -0.05) is 0 Å². The van der Waals surface area contributed by atoms with E-state index in [1.165, 1.54) is 7.11 Å². The molecule has 0 amide bonds. The summed E-state index contributed by atoms with van der Waals surface area (Å²) in [7, 11) is 1.44. The summed E-state index contributed by atoms with van der Waals surface area (Å²) in [5.74, 6) is 0.544. The first-order valence-electron chi connectivity index (χ1n) is 5.83. The lowest BCUT2D eigenvalue weighted by Gasteiger charge is -2.12. The van der Waals surface area contributed by atoms with Gasteiger partial charge in [0, 0.05) is 17.9 Å². The smallest absolute Gasteiger partial charge is 0.308 e. The molecule has 5 nitrogen and oxygen atoms in total. The van der Waals surface area contributed by atoms with Crippen LogP contribution in [0.25, 0.3) is 0 Å². The van der Waals surface area contributed by atoms with E-state index in [4.69, 9.17) is 4.74 Å². The Morgan fingerprint density at radius 1 is 1.53 bits per heavy atom. The monoisotopic (exact) mass is 235 g/mol. The summed E-state index contributed by atoms with van der Waals surface area (Å²) in [6.45, 7) is 1.93. The molecule has 5 heteroatoms. The normalized spacial score (nSPS) is 23.4. The minimum absolute atomic E-state index is 0.0160. The topological polar surface area (TPSA) is 64.1 Å². The summed E-state index contributed by atoms with van der Waals surface area (Å²) in [5, 5.41) is 3.26. The van der Waals surface area contributed by atoms with Gasteiger partial charge in [0.25, 0.3) is 0 Å². The Bertz CT molecular complexity index is 408. The zero-order valence-corrected chi connectivity index (χ0v) is 10.1. The first-order chi connectivity index (χ1) is 8.19. The van der Waals surface area contributed by atoms with Gasteiger partial charge in [-0.15, -0.1) is 0 Å². The number of anilines is 1. The Labute approximate surface area is 101 Å². The molecular formula is C12H17N3O2. The molecule has 1 aliphatic carbocycles. The van der Waals surface area contributed by atoms with E-state index in [0.717, 1.165) is 25.0 Å². The van der Waals surface area contributed by atoms with Crippen LogP contribution in [0, 0.1) is 12.8 Å². The number of esters is 1. The SMILES string of the molecule is COC(=O)[C@H]1CC[C@@H](Nc2nccc(C)n2)C1. The molecule has 0 aliphatic heterocycles. The molecule has 17 heavy (non-hydrogen) atoms. The molecule has 1 aromatic heterocycles. The molecule has 2 atom stereocenters. The molecule has 92 valence electrons. The Morgan fingerprint density at radius 3 is 3.06 bits per heavy atom. The van der Waals surface area contributed by atoms with Crippen molar-refractivity contribution in [1.29, 1.82) is 0 Å². The number of aromatic nitrogens is 2. The lowest BCUT2D eigenvalue weighted by molar-refractivity contribution is -0.145. The molecule has 2 rings (SSSR count). The summed E-state index contributed by atoms with van der Waals surface area (Å²) in [6, 6.07) is 2.12. The second kappa shape index (κ2) is 5.12. The maximum Gasteiger partial charge on any atom is 0.308 e. The van der Waals surface area contributed by atoms with Gasteiger partial charge >= 0.3 is 5.97 Å². The van der Waals surface area contributed by atoms with Gasteiger partial charge in [0.1, 0.15) is 0 Å². The van der Waals surface area contributed by atoms with Crippen molar-refractivity contribution in [2.75, 3.05) is 12.4 Å². The Balaban J connectivity index is 1.92. The summed E-state index contributed by atoms with van der Waals surface area (Å²) in [4.78, 5) is 19.8. The highest BCUT2D eigenvalue weighted by Gasteiger charge is 2.30. The van der Waals surface area contributed by atoms with Gasteiger partial charge in [-0.25, -0.2) is 9.97 Å². The summed E-state index contributed by atoms with van der Waals surface area (Å²) < 4.78 is 4.75. The van der Waals surface area contributed by atoms with Crippen LogP contribution in [0.3, 0.4) is 0 Å². The minimum Gasteiger partial charge on any atom is -0.469 e. The van der Waals surface area contributed by atoms with Crippen LogP contribution in [0.2, 0.25) is 0 Å². The second-order valence-electron chi connectivity index (χ2n) is 4.40. The number of hydrogen-bond acceptors (Lipinski definition) is 5. The van der Waals surface area contributed by atoms with Gasteiger partial charge < -0.3 is 10.1 Å². The number of nitrogens with one attached hydrogen (secondary N) is 1. The molecule has 0 saturated heterocycles. The van der Waals surface area contributed by atoms with Crippen molar-refractivity contribution in [3.63, 3.8) is 0 Å². The van der Waals surface area contributed by atoms with Crippen LogP contribution in [0.4, 0.5) is 5.95 Å². The van der Waals surface area contributed by atoms with Crippen LogP contribution in [-0.4, -0.2) is 29.1 Å². The molecule has 0 spiro atoms. The standard InChI is InChI=1S/C12H17N3O2/c1-8-5-6-13-12(14-8)15-10-4-3-9(7-10)11(16)17-2/h5-6,9-10H,3-4,7H2,1-2H3,(H,13,14,15)/t9-,10+/m0/s1. The van der Waals surface area contributed by atoms with Crippen LogP contribution in [0.15, 0.2) is 12.3 Å². The number of methoxy groups -OCH3 is 1. The number of hydrogen-bond donors (Lipinski definition) is 1. The molecule has 1 saturated carbocycles. The summed E-state index contributed by atoms with van der Waals surface area (Å²) in [6.07, 6.45) is 4.36. The van der Waals surface area contributed by atoms with Crippen LogP contribution in [0.5, 0.6) is 0 Å². The summed E-state index contributed by atoms with van der Waals surface area (Å²) >= 11 is 0. The average molecular weight is 235 g/mol. The van der Waals surface area contributed by atoms with Crippen LogP contribution in [-0.2, 0) is 9.53 Å². The Morgan fingerprint density at radius 2 is 2.35 bits per heavy atom. The van der Waals surface area contributed by atoms with Crippen molar-refractivity contribution in [3.8, 4) is 0 Å². The maximum atomic E-state index is 11.4. The van der Waals surface area contributed by atoms with E-state index in [1.54, 1.807) is 6.20 Å². The first-order valence-corrected chi connectivity index (χ1v) is 5.83. The molecule has 0 bridgehead atoms. The van der Waals surface area contributed by atoms with E-state index < -0.39 is 0 Å². The first kappa shape index (κ1) is 11.8. The van der Waals surface area contributed by atoms with Gasteiger partial charge in [0.2, 0.25) is 5.95 Å². The van der Waals surface area contributed by atoms with Crippen molar-refractivity contribution in [1.82, 2.24) is 9.97 Å². The number of nitrogens with zero attached hydrogens (tertiary/aromatic N) is 2. The zero-order valence-electron chi connectivity index (χ0n) is 10.1. The van der Waals surface area contributed by atoms with Gasteiger partial charge in [-0.2, -0.15) is 0 Å². The van der Waals surface area contributed by atoms with Crippen LogP contribution >= 0.6 is 0 Å². The predicted molar refractivity (Wildman–Crippen MR) is 63.5 cm³/mol. The molecular weight excluding hydrogens is 218 g/mol. The quantitative estimate of drug-likeness (QED) is 0.805. The Hall–Kier alpha value is -1.65. The number of carbonyl (C=O) groups excluding carboxylic acids is 1. The third-order valence-electron chi connectivity index (χ3n) is 3.10. The van der Waals surface area contributed by atoms with Gasteiger partial charge in [0.05, 0.1) is 13.0 Å². The highest BCUT2D eigenvalue weighted by Crippen LogP contribution is 2.28. The lowest BCUT2D eigenvalue weighted by Crippen LogP contribution is -2.20. The van der Waals surface area contributed by atoms with Crippen LogP contribution < -0.4 is 5.32 Å². The molecule has 1 aliphatic rings. The van der Waals surface area contributed by atoms with Crippen molar-refractivity contribution in [3.05, 3.63) is 18.0 Å². The van der Waals surface area contributed by atoms with E-state index in [0.29, 0.717) is 5.95 Å². The molecule has 1 fully saturated rings. The lowest BCUT2D eigenvalue weighted by atomic mass is 10.1. The maximum absolute atomic E-state index is 11.4. The zero-order chi connectivity index (χ0) is 12.3. The third kappa shape index (κ3) is 2.93. The molecule has 0 unspecified atom stereocenters. The number of rotatable bonds is 3. The second-order valence-corrected chi connectivity index (χ2v) is 4.40. The fourth-order valence-corrected chi connectivity index (χ4v) is 2.19. The number of ether oxygens (including phenoxy) is 1. The van der Waals surface area contributed by atoms with E-state index >= 15 is 0 Å². The van der Waals surface area contributed by atoms with Crippen molar-refractivity contribution >= 4 is 11.9 Å². The summed E-state index contributed by atoms with van der Waals surface area (Å²) in [5.41, 5.74) is 0.935. The molecule has 1 N–H and O–H groups in total. The van der Waals surface area contributed by atoms with Gasteiger partial charge in [-0.3, -0.25) is 4.79 Å². The fourth-order valence-electron chi connectivity index (χ4n) is 2.19. The Kier molecular flexibility index (Phi) is 3.56. The van der Waals surface area contributed by atoms with Gasteiger partial charge in [0.15, 0.2) is 0 Å². The van der Waals surface area contributed by atoms with E-state index in [-0.39, 0.29) is 17.9 Å². The highest BCUT2D eigenvalue weighted by molar-refractivity contribution is 5.72. The van der Waals surface area contributed by atoms with E-state index in [2.05, 4.69) is 15.3 Å².